The van der Waals surface area contributed by atoms with Crippen molar-refractivity contribution in [2.75, 3.05) is 26.3 Å². The number of amides is 1. The largest absolute Gasteiger partial charge is 0.424 e. The number of ether oxygens (including phenoxy) is 2. The molecule has 0 saturated carbocycles. The molecule has 2 heterocycles. The molecule has 0 aliphatic carbocycles. The van der Waals surface area contributed by atoms with Crippen molar-refractivity contribution in [1.82, 2.24) is 4.90 Å². The Labute approximate surface area is 97.9 Å². The van der Waals surface area contributed by atoms with E-state index in [4.69, 9.17) is 4.74 Å². The summed E-state index contributed by atoms with van der Waals surface area (Å²) in [4.78, 5) is 12.9. The van der Waals surface area contributed by atoms with Crippen LogP contribution in [0.5, 0.6) is 0 Å². The molecule has 0 spiro atoms. The highest BCUT2D eigenvalue weighted by atomic mass is 19.3. The summed E-state index contributed by atoms with van der Waals surface area (Å²) in [5, 5.41) is 0. The second-order valence-corrected chi connectivity index (χ2v) is 4.04. The molecule has 2 saturated heterocycles. The third kappa shape index (κ3) is 3.38. The van der Waals surface area contributed by atoms with Gasteiger partial charge < -0.3 is 14.4 Å². The molecule has 2 aliphatic rings. The number of carbonyl (C=O) groups excluding carboxylic acids is 1. The molecule has 6 heteroatoms. The van der Waals surface area contributed by atoms with Crippen LogP contribution in [-0.2, 0) is 14.3 Å². The first-order chi connectivity index (χ1) is 8.07. The Morgan fingerprint density at radius 1 is 1.35 bits per heavy atom. The summed E-state index contributed by atoms with van der Waals surface area (Å²) in [6.07, 6.45) is -2.40. The van der Waals surface area contributed by atoms with Gasteiger partial charge in [0.2, 0.25) is 0 Å². The monoisotopic (exact) mass is 245 g/mol. The van der Waals surface area contributed by atoms with Crippen LogP contribution in [0.15, 0.2) is 0 Å². The van der Waals surface area contributed by atoms with E-state index in [1.807, 2.05) is 5.92 Å². The van der Waals surface area contributed by atoms with Crippen molar-refractivity contribution in [3.63, 3.8) is 0 Å². The second-order valence-electron chi connectivity index (χ2n) is 4.04. The van der Waals surface area contributed by atoms with Crippen molar-refractivity contribution in [2.24, 2.45) is 0 Å². The lowest BCUT2D eigenvalue weighted by Gasteiger charge is -2.27. The molecule has 0 radical (unpaired) electrons. The Balaban J connectivity index is 1.86. The van der Waals surface area contributed by atoms with Crippen LogP contribution in [0.2, 0.25) is 0 Å². The molecule has 2 aliphatic heterocycles. The molecule has 0 aromatic rings. The molecule has 0 atom stereocenters. The summed E-state index contributed by atoms with van der Waals surface area (Å²) in [7, 11) is 0. The van der Waals surface area contributed by atoms with Gasteiger partial charge in [-0.25, -0.2) is 0 Å². The summed E-state index contributed by atoms with van der Waals surface area (Å²) in [5.41, 5.74) is 0. The van der Waals surface area contributed by atoms with Gasteiger partial charge in [-0.05, 0) is 12.8 Å². The van der Waals surface area contributed by atoms with Gasteiger partial charge in [0.1, 0.15) is 6.10 Å². The van der Waals surface area contributed by atoms with E-state index in [9.17, 15) is 13.6 Å². The van der Waals surface area contributed by atoms with E-state index >= 15 is 0 Å². The maximum Gasteiger partial charge on any atom is 0.424 e. The number of likely N-dealkylation sites (tertiary alicyclic amines) is 1. The first-order valence-electron chi connectivity index (χ1n) is 5.52. The number of hydrogen-bond acceptors (Lipinski definition) is 3. The number of hydrogen-bond donors (Lipinski definition) is 0. The Bertz CT molecular complexity index is 351. The molecule has 4 nitrogen and oxygen atoms in total. The molecule has 17 heavy (non-hydrogen) atoms. The number of rotatable bonds is 2. The van der Waals surface area contributed by atoms with Gasteiger partial charge in [0.15, 0.2) is 0 Å². The molecular weight excluding hydrogens is 232 g/mol. The van der Waals surface area contributed by atoms with E-state index < -0.39 is 18.1 Å². The molecule has 0 bridgehead atoms. The van der Waals surface area contributed by atoms with Crippen LogP contribution in [0.3, 0.4) is 0 Å². The van der Waals surface area contributed by atoms with E-state index in [1.165, 1.54) is 4.90 Å². The molecule has 0 aromatic carbocycles. The van der Waals surface area contributed by atoms with Crippen LogP contribution in [0, 0.1) is 11.8 Å². The summed E-state index contributed by atoms with van der Waals surface area (Å²) in [6, 6.07) is 0. The Morgan fingerprint density at radius 3 is 2.53 bits per heavy atom. The third-order valence-electron chi connectivity index (χ3n) is 2.63. The highest BCUT2D eigenvalue weighted by molar-refractivity contribution is 5.93. The highest BCUT2D eigenvalue weighted by Crippen LogP contribution is 2.20. The fraction of sp³-hybridized carbons (Fsp3) is 0.727. The second kappa shape index (κ2) is 4.98. The predicted octanol–water partition coefficient (Wildman–Crippen LogP) is 0.620. The number of carbonyl (C=O) groups is 1. The van der Waals surface area contributed by atoms with Crippen LogP contribution in [-0.4, -0.2) is 49.3 Å². The SMILES string of the molecule is O=C(C#CC(F)(F)OC1COC1)N1CCCC1. The van der Waals surface area contributed by atoms with Gasteiger partial charge in [-0.15, -0.1) is 0 Å². The molecule has 1 amide bonds. The van der Waals surface area contributed by atoms with E-state index in [0.29, 0.717) is 13.1 Å². The van der Waals surface area contributed by atoms with E-state index in [1.54, 1.807) is 5.92 Å². The third-order valence-corrected chi connectivity index (χ3v) is 2.63. The zero-order chi connectivity index (χ0) is 12.3. The zero-order valence-corrected chi connectivity index (χ0v) is 9.25. The fourth-order valence-corrected chi connectivity index (χ4v) is 1.65. The van der Waals surface area contributed by atoms with Gasteiger partial charge in [-0.3, -0.25) is 4.79 Å². The summed E-state index contributed by atoms with van der Waals surface area (Å²) < 4.78 is 35.3. The highest BCUT2D eigenvalue weighted by Gasteiger charge is 2.35. The standard InChI is InChI=1S/C11H13F2NO3/c12-11(13,17-9-7-16-8-9)4-3-10(15)14-5-1-2-6-14/h9H,1-2,5-8H2. The number of nitrogens with zero attached hydrogens (tertiary/aromatic N) is 1. The van der Waals surface area contributed by atoms with Crippen LogP contribution in [0.25, 0.3) is 0 Å². The van der Waals surface area contributed by atoms with Crippen molar-refractivity contribution < 1.29 is 23.0 Å². The van der Waals surface area contributed by atoms with Gasteiger partial charge in [0, 0.05) is 24.9 Å². The first-order valence-corrected chi connectivity index (χ1v) is 5.52. The predicted molar refractivity (Wildman–Crippen MR) is 54.2 cm³/mol. The number of alkyl halides is 2. The maximum absolute atomic E-state index is 13.1. The maximum atomic E-state index is 13.1. The zero-order valence-electron chi connectivity index (χ0n) is 9.25. The van der Waals surface area contributed by atoms with Gasteiger partial charge in [-0.1, -0.05) is 0 Å². The van der Waals surface area contributed by atoms with Crippen LogP contribution >= 0.6 is 0 Å². The first kappa shape index (κ1) is 12.3. The van der Waals surface area contributed by atoms with Crippen molar-refractivity contribution in [1.29, 1.82) is 0 Å². The van der Waals surface area contributed by atoms with Crippen LogP contribution in [0.1, 0.15) is 12.8 Å². The van der Waals surface area contributed by atoms with Crippen LogP contribution in [0.4, 0.5) is 8.78 Å². The average molecular weight is 245 g/mol. The van der Waals surface area contributed by atoms with Crippen molar-refractivity contribution in [3.8, 4) is 11.8 Å². The van der Waals surface area contributed by atoms with E-state index in [2.05, 4.69) is 4.74 Å². The molecule has 2 rings (SSSR count). The normalized spacial score (nSPS) is 20.7. The molecule has 0 N–H and O–H groups in total. The van der Waals surface area contributed by atoms with E-state index in [0.717, 1.165) is 12.8 Å². The summed E-state index contributed by atoms with van der Waals surface area (Å²) >= 11 is 0. The van der Waals surface area contributed by atoms with Gasteiger partial charge in [-0.2, -0.15) is 8.78 Å². The lowest BCUT2D eigenvalue weighted by molar-refractivity contribution is -0.268. The summed E-state index contributed by atoms with van der Waals surface area (Å²) in [5.74, 6) is 2.96. The number of halogens is 2. The smallest absolute Gasteiger partial charge is 0.376 e. The average Bonchev–Trinajstić information content (AvgIpc) is 2.74. The van der Waals surface area contributed by atoms with Crippen LogP contribution < -0.4 is 0 Å². The minimum atomic E-state index is -3.58. The minimum Gasteiger partial charge on any atom is -0.376 e. The topological polar surface area (TPSA) is 38.8 Å². The molecule has 0 aromatic heterocycles. The molecule has 2 fully saturated rings. The van der Waals surface area contributed by atoms with Gasteiger partial charge in [0.05, 0.1) is 13.2 Å². The molecule has 0 unspecified atom stereocenters. The Kier molecular flexibility index (Phi) is 3.60. The van der Waals surface area contributed by atoms with E-state index in [-0.39, 0.29) is 13.2 Å². The van der Waals surface area contributed by atoms with Crippen molar-refractivity contribution >= 4 is 5.91 Å². The Hall–Kier alpha value is -1.19. The van der Waals surface area contributed by atoms with Crippen molar-refractivity contribution in [2.45, 2.75) is 25.1 Å². The summed E-state index contributed by atoms with van der Waals surface area (Å²) in [6.45, 7) is 1.49. The van der Waals surface area contributed by atoms with Crippen molar-refractivity contribution in [3.05, 3.63) is 0 Å². The molecule has 94 valence electrons. The minimum absolute atomic E-state index is 0.150. The quantitative estimate of drug-likeness (QED) is 0.669. The Morgan fingerprint density at radius 2 is 2.00 bits per heavy atom. The molecular formula is C11H13F2NO3. The van der Waals surface area contributed by atoms with Gasteiger partial charge in [0.25, 0.3) is 5.91 Å². The lowest BCUT2D eigenvalue weighted by atomic mass is 10.3. The lowest BCUT2D eigenvalue weighted by Crippen LogP contribution is -2.41. The fourth-order valence-electron chi connectivity index (χ4n) is 1.65. The van der Waals surface area contributed by atoms with Gasteiger partial charge >= 0.3 is 6.11 Å².